The van der Waals surface area contributed by atoms with E-state index in [2.05, 4.69) is 30.7 Å². The number of halogens is 5. The van der Waals surface area contributed by atoms with Crippen molar-refractivity contribution in [3.8, 4) is 5.75 Å². The molecule has 35 heavy (non-hydrogen) atoms. The predicted molar refractivity (Wildman–Crippen MR) is 122 cm³/mol. The topological polar surface area (TPSA) is 125 Å². The summed E-state index contributed by atoms with van der Waals surface area (Å²) < 4.78 is 40.7. The van der Waals surface area contributed by atoms with E-state index in [-0.39, 0.29) is 34.5 Å². The van der Waals surface area contributed by atoms with Gasteiger partial charge in [-0.25, -0.2) is 0 Å². The Morgan fingerprint density at radius 1 is 1.11 bits per heavy atom. The summed E-state index contributed by atoms with van der Waals surface area (Å²) in [6.07, 6.45) is -5.20. The number of hydrogen-bond acceptors (Lipinski definition) is 6. The Hall–Kier alpha value is -3.77. The molecule has 1 aromatic heterocycles. The monoisotopic (exact) mass is 527 g/mol. The van der Waals surface area contributed by atoms with E-state index in [0.717, 1.165) is 12.1 Å². The third-order valence-corrected chi connectivity index (χ3v) is 5.36. The minimum Gasteiger partial charge on any atom is -0.406 e. The van der Waals surface area contributed by atoms with Crippen LogP contribution in [-0.2, 0) is 9.59 Å². The number of nitrogens with one attached hydrogen (secondary N) is 4. The number of aromatic nitrogens is 2. The first-order valence-electron chi connectivity index (χ1n) is 9.81. The molecule has 0 saturated carbocycles. The molecule has 4 N–H and O–H groups in total. The Bertz CT molecular complexity index is 1360. The molecule has 0 spiro atoms. The van der Waals surface area contributed by atoms with Gasteiger partial charge in [-0.1, -0.05) is 23.2 Å². The number of amides is 2. The number of carbonyl (C=O) groups is 2. The summed E-state index contributed by atoms with van der Waals surface area (Å²) >= 11 is 12.0. The first-order valence-corrected chi connectivity index (χ1v) is 10.6. The van der Waals surface area contributed by atoms with Crippen LogP contribution >= 0.6 is 23.2 Å². The molecule has 2 aromatic carbocycles. The average molecular weight is 528 g/mol. The van der Waals surface area contributed by atoms with E-state index >= 15 is 0 Å². The summed E-state index contributed by atoms with van der Waals surface area (Å²) in [7, 11) is 0. The van der Waals surface area contributed by atoms with Gasteiger partial charge in [-0.15, -0.1) is 13.2 Å². The largest absolute Gasteiger partial charge is 0.573 e. The van der Waals surface area contributed by atoms with Crippen molar-refractivity contribution in [1.82, 2.24) is 9.97 Å². The van der Waals surface area contributed by atoms with Crippen LogP contribution < -0.4 is 26.2 Å². The number of rotatable bonds is 5. The van der Waals surface area contributed by atoms with Crippen molar-refractivity contribution in [3.05, 3.63) is 68.4 Å². The molecule has 9 nitrogen and oxygen atoms in total. The van der Waals surface area contributed by atoms with Gasteiger partial charge in [0, 0.05) is 17.1 Å². The Balaban J connectivity index is 1.56. The van der Waals surface area contributed by atoms with Gasteiger partial charge in [0.2, 0.25) is 17.8 Å². The molecule has 2 heterocycles. The van der Waals surface area contributed by atoms with Crippen molar-refractivity contribution >= 4 is 58.2 Å². The van der Waals surface area contributed by atoms with Gasteiger partial charge in [-0.3, -0.25) is 19.4 Å². The molecule has 2 amide bonds. The van der Waals surface area contributed by atoms with Crippen molar-refractivity contribution in [3.63, 3.8) is 0 Å². The lowest BCUT2D eigenvalue weighted by Crippen LogP contribution is -2.36. The molecular weight excluding hydrogens is 514 g/mol. The van der Waals surface area contributed by atoms with Crippen LogP contribution in [-0.4, -0.2) is 28.1 Å². The number of nitrogens with zero attached hydrogens (tertiary/aromatic N) is 1. The lowest BCUT2D eigenvalue weighted by molar-refractivity contribution is -0.274. The number of anilines is 4. The Morgan fingerprint density at radius 2 is 1.83 bits per heavy atom. The van der Waals surface area contributed by atoms with Crippen LogP contribution in [0.15, 0.2) is 47.3 Å². The molecule has 1 unspecified atom stereocenters. The van der Waals surface area contributed by atoms with E-state index in [1.54, 1.807) is 12.1 Å². The lowest BCUT2D eigenvalue weighted by Gasteiger charge is -2.23. The van der Waals surface area contributed by atoms with E-state index in [1.165, 1.54) is 18.2 Å². The second-order valence-electron chi connectivity index (χ2n) is 7.29. The summed E-state index contributed by atoms with van der Waals surface area (Å²) in [5, 5.41) is 8.40. The smallest absolute Gasteiger partial charge is 0.406 e. The maximum atomic E-state index is 12.9. The zero-order valence-corrected chi connectivity index (χ0v) is 18.8. The summed E-state index contributed by atoms with van der Waals surface area (Å²) in [5.74, 6) is -3.11. The zero-order chi connectivity index (χ0) is 25.3. The first kappa shape index (κ1) is 24.4. The third kappa shape index (κ3) is 5.84. The SMILES string of the molecule is O=C1CC(C(=O)Nc2ccc(OC(F)(F)F)cc2)c2c(nc(Nc3ccc(Cl)cc3Cl)[nH]c2=O)N1. The third-order valence-electron chi connectivity index (χ3n) is 4.81. The number of carbonyl (C=O) groups excluding carboxylic acids is 2. The molecule has 182 valence electrons. The molecule has 14 heteroatoms. The molecule has 0 bridgehead atoms. The van der Waals surface area contributed by atoms with Crippen LogP contribution in [0.3, 0.4) is 0 Å². The fourth-order valence-electron chi connectivity index (χ4n) is 3.34. The minimum absolute atomic E-state index is 0.0421. The van der Waals surface area contributed by atoms with Crippen molar-refractivity contribution in [2.24, 2.45) is 0 Å². The van der Waals surface area contributed by atoms with Crippen molar-refractivity contribution in [1.29, 1.82) is 0 Å². The van der Waals surface area contributed by atoms with Crippen molar-refractivity contribution in [2.75, 3.05) is 16.0 Å². The number of hydrogen-bond donors (Lipinski definition) is 4. The maximum absolute atomic E-state index is 12.9. The standard InChI is InChI=1S/C21H14Cl2F3N5O4/c22-9-1-6-14(13(23)7-9)28-20-30-17-16(19(34)31-20)12(8-15(32)29-17)18(33)27-10-2-4-11(5-3-10)35-21(24,25)26/h1-7,12H,8H2,(H,27,33)(H3,28,29,30,31,32,34). The number of benzene rings is 2. The number of aromatic amines is 1. The van der Waals surface area contributed by atoms with Crippen molar-refractivity contribution < 1.29 is 27.5 Å². The van der Waals surface area contributed by atoms with Crippen LogP contribution in [0, 0.1) is 0 Å². The highest BCUT2D eigenvalue weighted by Gasteiger charge is 2.35. The molecule has 1 aliphatic heterocycles. The minimum atomic E-state index is -4.86. The predicted octanol–water partition coefficient (Wildman–Crippen LogP) is 4.78. The quantitative estimate of drug-likeness (QED) is 0.378. The van der Waals surface area contributed by atoms with Gasteiger partial charge in [-0.2, -0.15) is 4.98 Å². The highest BCUT2D eigenvalue weighted by molar-refractivity contribution is 6.36. The van der Waals surface area contributed by atoms with Gasteiger partial charge in [0.15, 0.2) is 0 Å². The van der Waals surface area contributed by atoms with E-state index in [1.807, 2.05) is 0 Å². The molecule has 4 rings (SSSR count). The second-order valence-corrected chi connectivity index (χ2v) is 8.14. The van der Waals surface area contributed by atoms with Gasteiger partial charge in [0.1, 0.15) is 11.6 Å². The zero-order valence-electron chi connectivity index (χ0n) is 17.3. The van der Waals surface area contributed by atoms with Crippen LogP contribution in [0.5, 0.6) is 5.75 Å². The van der Waals surface area contributed by atoms with Gasteiger partial charge < -0.3 is 20.7 Å². The van der Waals surface area contributed by atoms with Crippen molar-refractivity contribution in [2.45, 2.75) is 18.7 Å². The van der Waals surface area contributed by atoms with Gasteiger partial charge in [0.25, 0.3) is 5.56 Å². The molecule has 0 fully saturated rings. The lowest BCUT2D eigenvalue weighted by atomic mass is 9.92. The molecule has 1 aliphatic rings. The number of ether oxygens (including phenoxy) is 1. The normalized spacial score (nSPS) is 15.1. The Kier molecular flexibility index (Phi) is 6.59. The van der Waals surface area contributed by atoms with Crippen LogP contribution in [0.4, 0.5) is 36.3 Å². The van der Waals surface area contributed by atoms with Gasteiger partial charge >= 0.3 is 6.36 Å². The molecule has 0 radical (unpaired) electrons. The second kappa shape index (κ2) is 9.47. The Morgan fingerprint density at radius 3 is 2.49 bits per heavy atom. The van der Waals surface area contributed by atoms with E-state index in [0.29, 0.717) is 10.7 Å². The summed E-state index contributed by atoms with van der Waals surface area (Å²) in [4.78, 5) is 44.6. The number of fused-ring (bicyclic) bond motifs is 1. The highest BCUT2D eigenvalue weighted by Crippen LogP contribution is 2.32. The summed E-state index contributed by atoms with van der Waals surface area (Å²) in [6.45, 7) is 0. The van der Waals surface area contributed by atoms with Crippen LogP contribution in [0.25, 0.3) is 0 Å². The molecule has 3 aromatic rings. The molecule has 0 aliphatic carbocycles. The number of alkyl halides is 3. The molecular formula is C21H14Cl2F3N5O4. The van der Waals surface area contributed by atoms with Crippen LogP contribution in [0.1, 0.15) is 17.9 Å². The van der Waals surface area contributed by atoms with Crippen LogP contribution in [0.2, 0.25) is 10.0 Å². The highest BCUT2D eigenvalue weighted by atomic mass is 35.5. The molecule has 1 atom stereocenters. The van der Waals surface area contributed by atoms with E-state index in [4.69, 9.17) is 23.2 Å². The molecule has 0 saturated heterocycles. The summed E-state index contributed by atoms with van der Waals surface area (Å²) in [5.41, 5.74) is -0.241. The van der Waals surface area contributed by atoms with Gasteiger partial charge in [-0.05, 0) is 42.5 Å². The number of H-pyrrole nitrogens is 1. The summed E-state index contributed by atoms with van der Waals surface area (Å²) in [6, 6.07) is 9.01. The fraction of sp³-hybridized carbons (Fsp3) is 0.143. The first-order chi connectivity index (χ1) is 16.5. The average Bonchev–Trinajstić information content (AvgIpc) is 2.75. The van der Waals surface area contributed by atoms with E-state index < -0.39 is 35.4 Å². The Labute approximate surface area is 204 Å². The van der Waals surface area contributed by atoms with E-state index in [9.17, 15) is 27.6 Å². The fourth-order valence-corrected chi connectivity index (χ4v) is 3.80. The maximum Gasteiger partial charge on any atom is 0.573 e. The van der Waals surface area contributed by atoms with Gasteiger partial charge in [0.05, 0.1) is 22.2 Å².